The van der Waals surface area contributed by atoms with Gasteiger partial charge in [0.2, 0.25) is 11.6 Å². The van der Waals surface area contributed by atoms with Crippen molar-refractivity contribution in [3.05, 3.63) is 65.0 Å². The summed E-state index contributed by atoms with van der Waals surface area (Å²) in [6, 6.07) is 7.77. The van der Waals surface area contributed by atoms with Crippen LogP contribution in [0, 0.1) is 10.1 Å². The lowest BCUT2D eigenvalue weighted by molar-refractivity contribution is -0.383. The van der Waals surface area contributed by atoms with E-state index in [1.54, 1.807) is 12.5 Å². The fourth-order valence-corrected chi connectivity index (χ4v) is 2.75. The summed E-state index contributed by atoms with van der Waals surface area (Å²) >= 11 is 0. The van der Waals surface area contributed by atoms with Gasteiger partial charge in [-0.2, -0.15) is 0 Å². The number of aryl methyl sites for hydroxylation is 1. The Labute approximate surface area is 163 Å². The fourth-order valence-electron chi connectivity index (χ4n) is 2.75. The van der Waals surface area contributed by atoms with E-state index in [0.29, 0.717) is 12.5 Å². The number of imidazole rings is 1. The first kappa shape index (κ1) is 19.3. The van der Waals surface area contributed by atoms with Gasteiger partial charge < -0.3 is 15.2 Å². The summed E-state index contributed by atoms with van der Waals surface area (Å²) in [4.78, 5) is 23.3. The highest BCUT2D eigenvalue weighted by atomic mass is 16.6. The first-order valence-electron chi connectivity index (χ1n) is 9.10. The van der Waals surface area contributed by atoms with Gasteiger partial charge in [0.05, 0.1) is 11.3 Å². The van der Waals surface area contributed by atoms with Crippen molar-refractivity contribution in [1.82, 2.24) is 19.5 Å². The van der Waals surface area contributed by atoms with Gasteiger partial charge in [-0.1, -0.05) is 26.0 Å². The topological polar surface area (TPSA) is 111 Å². The summed E-state index contributed by atoms with van der Waals surface area (Å²) < 4.78 is 1.95. The van der Waals surface area contributed by atoms with E-state index in [-0.39, 0.29) is 17.3 Å². The van der Waals surface area contributed by atoms with Crippen LogP contribution in [0.1, 0.15) is 31.7 Å². The van der Waals surface area contributed by atoms with Crippen LogP contribution in [0.3, 0.4) is 0 Å². The van der Waals surface area contributed by atoms with E-state index in [1.165, 1.54) is 11.9 Å². The van der Waals surface area contributed by atoms with Gasteiger partial charge in [-0.25, -0.2) is 15.0 Å². The molecule has 0 unspecified atom stereocenters. The van der Waals surface area contributed by atoms with Gasteiger partial charge in [0.25, 0.3) is 0 Å². The second kappa shape index (κ2) is 8.94. The molecule has 0 saturated carbocycles. The van der Waals surface area contributed by atoms with Gasteiger partial charge >= 0.3 is 5.69 Å². The standard InChI is InChI=1S/C19H23N7O2/c1-14(2)15-4-6-16(7-5-15)24-19-17(26(27)28)18(22-12-23-19)21-8-3-10-25-11-9-20-13-25/h4-7,9,11-14H,3,8,10H2,1-2H3,(H2,21,22,23,24). The summed E-state index contributed by atoms with van der Waals surface area (Å²) in [6.07, 6.45) is 7.42. The van der Waals surface area contributed by atoms with Crippen molar-refractivity contribution in [2.75, 3.05) is 17.2 Å². The highest BCUT2D eigenvalue weighted by molar-refractivity contribution is 5.73. The third kappa shape index (κ3) is 4.81. The Hall–Kier alpha value is -3.49. The van der Waals surface area contributed by atoms with Gasteiger partial charge in [0, 0.05) is 31.2 Å². The SMILES string of the molecule is CC(C)c1ccc(Nc2ncnc(NCCCn3ccnc3)c2[N+](=O)[O-])cc1. The maximum Gasteiger partial charge on any atom is 0.353 e. The van der Waals surface area contributed by atoms with Crippen molar-refractivity contribution in [2.45, 2.75) is 32.7 Å². The largest absolute Gasteiger partial charge is 0.364 e. The predicted molar refractivity (Wildman–Crippen MR) is 108 cm³/mol. The lowest BCUT2D eigenvalue weighted by Gasteiger charge is -2.11. The highest BCUT2D eigenvalue weighted by Crippen LogP contribution is 2.31. The van der Waals surface area contributed by atoms with Gasteiger partial charge in [-0.3, -0.25) is 10.1 Å². The number of nitrogens with zero attached hydrogens (tertiary/aromatic N) is 5. The Kier molecular flexibility index (Phi) is 6.15. The molecule has 1 aromatic carbocycles. The molecule has 9 heteroatoms. The van der Waals surface area contributed by atoms with Crippen LogP contribution in [0.25, 0.3) is 0 Å². The van der Waals surface area contributed by atoms with E-state index < -0.39 is 4.92 Å². The number of hydrogen-bond acceptors (Lipinski definition) is 7. The molecule has 2 aromatic heterocycles. The zero-order chi connectivity index (χ0) is 19.9. The minimum atomic E-state index is -0.469. The Morgan fingerprint density at radius 1 is 1.18 bits per heavy atom. The number of anilines is 3. The fraction of sp³-hybridized carbons (Fsp3) is 0.316. The number of nitro groups is 1. The van der Waals surface area contributed by atoms with Crippen LogP contribution in [-0.4, -0.2) is 31.0 Å². The maximum absolute atomic E-state index is 11.6. The normalized spacial score (nSPS) is 10.8. The third-order valence-corrected chi connectivity index (χ3v) is 4.29. The molecule has 146 valence electrons. The van der Waals surface area contributed by atoms with Crippen LogP contribution in [0.5, 0.6) is 0 Å². The van der Waals surface area contributed by atoms with Crippen LogP contribution in [-0.2, 0) is 6.54 Å². The van der Waals surface area contributed by atoms with Crippen molar-refractivity contribution in [3.8, 4) is 0 Å². The molecule has 0 fully saturated rings. The molecule has 0 atom stereocenters. The van der Waals surface area contributed by atoms with Crippen molar-refractivity contribution in [3.63, 3.8) is 0 Å². The first-order chi connectivity index (χ1) is 13.5. The maximum atomic E-state index is 11.6. The highest BCUT2D eigenvalue weighted by Gasteiger charge is 2.22. The lowest BCUT2D eigenvalue weighted by Crippen LogP contribution is -2.10. The molecule has 0 saturated heterocycles. The Balaban J connectivity index is 1.70. The van der Waals surface area contributed by atoms with Crippen LogP contribution in [0.2, 0.25) is 0 Å². The molecule has 0 amide bonds. The van der Waals surface area contributed by atoms with Crippen molar-refractivity contribution >= 4 is 23.0 Å². The molecule has 28 heavy (non-hydrogen) atoms. The van der Waals surface area contributed by atoms with Crippen LogP contribution >= 0.6 is 0 Å². The minimum absolute atomic E-state index is 0.161. The molecule has 0 bridgehead atoms. The van der Waals surface area contributed by atoms with E-state index in [0.717, 1.165) is 18.7 Å². The summed E-state index contributed by atoms with van der Waals surface area (Å²) in [5, 5.41) is 17.7. The average Bonchev–Trinajstić information content (AvgIpc) is 3.19. The summed E-state index contributed by atoms with van der Waals surface area (Å²) in [6.45, 7) is 5.53. The third-order valence-electron chi connectivity index (χ3n) is 4.29. The smallest absolute Gasteiger partial charge is 0.353 e. The van der Waals surface area contributed by atoms with Crippen molar-refractivity contribution in [1.29, 1.82) is 0 Å². The van der Waals surface area contributed by atoms with E-state index in [1.807, 2.05) is 35.0 Å². The number of hydrogen-bond donors (Lipinski definition) is 2. The molecule has 3 aromatic rings. The van der Waals surface area contributed by atoms with E-state index >= 15 is 0 Å². The van der Waals surface area contributed by atoms with Gasteiger partial charge in [-0.15, -0.1) is 0 Å². The molecular formula is C19H23N7O2. The molecule has 9 nitrogen and oxygen atoms in total. The summed E-state index contributed by atoms with van der Waals surface area (Å²) in [5.74, 6) is 0.780. The quantitative estimate of drug-likeness (QED) is 0.328. The van der Waals surface area contributed by atoms with Gasteiger partial charge in [0.1, 0.15) is 6.33 Å². The lowest BCUT2D eigenvalue weighted by atomic mass is 10.0. The predicted octanol–water partition coefficient (Wildman–Crippen LogP) is 3.95. The van der Waals surface area contributed by atoms with Crippen LogP contribution in [0.4, 0.5) is 23.0 Å². The molecule has 0 radical (unpaired) electrons. The number of aromatic nitrogens is 4. The van der Waals surface area contributed by atoms with E-state index in [2.05, 4.69) is 39.4 Å². The molecule has 2 heterocycles. The van der Waals surface area contributed by atoms with Crippen molar-refractivity contribution in [2.24, 2.45) is 0 Å². The monoisotopic (exact) mass is 381 g/mol. The van der Waals surface area contributed by atoms with Crippen molar-refractivity contribution < 1.29 is 4.92 Å². The number of rotatable bonds is 9. The summed E-state index contributed by atoms with van der Waals surface area (Å²) in [7, 11) is 0. The zero-order valence-electron chi connectivity index (χ0n) is 15.9. The van der Waals surface area contributed by atoms with Crippen LogP contribution < -0.4 is 10.6 Å². The Bertz CT molecular complexity index is 909. The van der Waals surface area contributed by atoms with E-state index in [9.17, 15) is 10.1 Å². The first-order valence-corrected chi connectivity index (χ1v) is 9.10. The molecule has 2 N–H and O–H groups in total. The molecule has 0 aliphatic heterocycles. The number of benzene rings is 1. The summed E-state index contributed by atoms with van der Waals surface area (Å²) in [5.41, 5.74) is 1.76. The average molecular weight is 381 g/mol. The second-order valence-electron chi connectivity index (χ2n) is 6.66. The molecule has 0 spiro atoms. The minimum Gasteiger partial charge on any atom is -0.364 e. The van der Waals surface area contributed by atoms with Gasteiger partial charge in [-0.05, 0) is 30.0 Å². The molecule has 0 aliphatic rings. The van der Waals surface area contributed by atoms with Gasteiger partial charge in [0.15, 0.2) is 0 Å². The zero-order valence-corrected chi connectivity index (χ0v) is 15.9. The number of nitrogens with one attached hydrogen (secondary N) is 2. The molecule has 0 aliphatic carbocycles. The molecular weight excluding hydrogens is 358 g/mol. The Morgan fingerprint density at radius 2 is 1.93 bits per heavy atom. The molecule has 3 rings (SSSR count). The van der Waals surface area contributed by atoms with E-state index in [4.69, 9.17) is 0 Å². The van der Waals surface area contributed by atoms with Crippen LogP contribution in [0.15, 0.2) is 49.3 Å². The second-order valence-corrected chi connectivity index (χ2v) is 6.66. The Morgan fingerprint density at radius 3 is 2.57 bits per heavy atom.